The number of anilines is 1. The molecular weight excluding hydrogens is 353 g/mol. The Balaban J connectivity index is 1.78. The fraction of sp³-hybridized carbons (Fsp3) is 0.222. The number of benzene rings is 1. The molecule has 1 aliphatic rings. The number of thioether (sulfide) groups is 1. The van der Waals surface area contributed by atoms with Crippen LogP contribution in [0.3, 0.4) is 0 Å². The molecule has 0 saturated carbocycles. The van der Waals surface area contributed by atoms with E-state index < -0.39 is 5.91 Å². The summed E-state index contributed by atoms with van der Waals surface area (Å²) in [5.74, 6) is -0.0742. The minimum Gasteiger partial charge on any atom is -0.379 e. The highest BCUT2D eigenvalue weighted by Gasteiger charge is 2.19. The second kappa shape index (κ2) is 7.97. The van der Waals surface area contributed by atoms with Crippen LogP contribution >= 0.6 is 11.8 Å². The van der Waals surface area contributed by atoms with Crippen molar-refractivity contribution in [1.29, 1.82) is 5.26 Å². The third-order valence-electron chi connectivity index (χ3n) is 4.00. The van der Waals surface area contributed by atoms with E-state index in [-0.39, 0.29) is 17.4 Å². The van der Waals surface area contributed by atoms with Crippen LogP contribution in [0.15, 0.2) is 41.5 Å². The minimum absolute atomic E-state index is 0.0894. The highest BCUT2D eigenvalue weighted by Crippen LogP contribution is 2.29. The van der Waals surface area contributed by atoms with Gasteiger partial charge in [0.2, 0.25) is 0 Å². The Morgan fingerprint density at radius 1 is 1.38 bits per heavy atom. The molecule has 3 N–H and O–H groups in total. The first-order valence-corrected chi connectivity index (χ1v) is 8.95. The summed E-state index contributed by atoms with van der Waals surface area (Å²) < 4.78 is 14.3. The number of aliphatic imine (C=N–C) groups is 1. The number of pyridine rings is 1. The monoisotopic (exact) mass is 369 g/mol. The van der Waals surface area contributed by atoms with Crippen LogP contribution in [0, 0.1) is 17.1 Å². The summed E-state index contributed by atoms with van der Waals surface area (Å²) in [5, 5.41) is 12.0. The predicted octanol–water partition coefficient (Wildman–Crippen LogP) is 2.88. The number of hydrogen-bond donors (Lipinski definition) is 2. The maximum atomic E-state index is 14.3. The molecule has 8 heteroatoms. The SMILES string of the molecule is N#Cc1ccc(C(=O)Nc2ccc(F)c([C@@H]3CCSC(N)=NC3)c2)nc1. The Labute approximate surface area is 154 Å². The molecule has 2 aromatic rings. The summed E-state index contributed by atoms with van der Waals surface area (Å²) in [6.07, 6.45) is 2.08. The standard InChI is InChI=1S/C18H16FN5OS/c19-15-3-2-13(7-14(15)12-5-6-26-18(21)23-10-12)24-17(25)16-4-1-11(8-20)9-22-16/h1-4,7,9,12H,5-6,10H2,(H2,21,23)(H,24,25)/t12-/m1/s1. The first-order valence-electron chi connectivity index (χ1n) is 7.96. The van der Waals surface area contributed by atoms with Crippen molar-refractivity contribution < 1.29 is 9.18 Å². The van der Waals surface area contributed by atoms with Gasteiger partial charge < -0.3 is 11.1 Å². The van der Waals surface area contributed by atoms with Gasteiger partial charge in [0.15, 0.2) is 5.17 Å². The molecule has 3 rings (SSSR count). The van der Waals surface area contributed by atoms with Gasteiger partial charge in [0.1, 0.15) is 17.6 Å². The van der Waals surface area contributed by atoms with Gasteiger partial charge in [0, 0.05) is 30.1 Å². The van der Waals surface area contributed by atoms with Crippen LogP contribution < -0.4 is 11.1 Å². The molecular formula is C18H16FN5OS. The van der Waals surface area contributed by atoms with Gasteiger partial charge in [-0.1, -0.05) is 11.8 Å². The molecule has 0 saturated heterocycles. The number of amidine groups is 1. The Bertz CT molecular complexity index is 891. The third kappa shape index (κ3) is 4.18. The van der Waals surface area contributed by atoms with Gasteiger partial charge in [0.05, 0.1) is 5.56 Å². The lowest BCUT2D eigenvalue weighted by molar-refractivity contribution is 0.102. The van der Waals surface area contributed by atoms with E-state index in [9.17, 15) is 9.18 Å². The van der Waals surface area contributed by atoms with E-state index in [1.807, 2.05) is 6.07 Å². The Morgan fingerprint density at radius 3 is 2.96 bits per heavy atom. The van der Waals surface area contributed by atoms with Crippen molar-refractivity contribution in [2.45, 2.75) is 12.3 Å². The van der Waals surface area contributed by atoms with Crippen molar-refractivity contribution >= 4 is 28.5 Å². The fourth-order valence-electron chi connectivity index (χ4n) is 2.62. The molecule has 0 radical (unpaired) electrons. The van der Waals surface area contributed by atoms with Crippen LogP contribution in [0.1, 0.15) is 34.0 Å². The summed E-state index contributed by atoms with van der Waals surface area (Å²) in [6.45, 7) is 0.421. The molecule has 1 atom stereocenters. The second-order valence-electron chi connectivity index (χ2n) is 5.75. The van der Waals surface area contributed by atoms with Crippen LogP contribution in [0.2, 0.25) is 0 Å². The lowest BCUT2D eigenvalue weighted by Gasteiger charge is -2.15. The van der Waals surface area contributed by atoms with E-state index in [0.29, 0.717) is 28.5 Å². The van der Waals surface area contributed by atoms with Crippen LogP contribution in [0.25, 0.3) is 0 Å². The molecule has 0 fully saturated rings. The van der Waals surface area contributed by atoms with Crippen molar-refractivity contribution in [3.8, 4) is 6.07 Å². The number of halogens is 1. The fourth-order valence-corrected chi connectivity index (χ4v) is 3.40. The van der Waals surface area contributed by atoms with E-state index >= 15 is 0 Å². The van der Waals surface area contributed by atoms with Crippen LogP contribution in [0.5, 0.6) is 0 Å². The molecule has 0 spiro atoms. The largest absolute Gasteiger partial charge is 0.379 e. The van der Waals surface area contributed by atoms with Gasteiger partial charge in [-0.3, -0.25) is 9.79 Å². The van der Waals surface area contributed by atoms with Gasteiger partial charge >= 0.3 is 0 Å². The molecule has 26 heavy (non-hydrogen) atoms. The summed E-state index contributed by atoms with van der Waals surface area (Å²) in [6, 6.07) is 9.40. The smallest absolute Gasteiger partial charge is 0.274 e. The minimum atomic E-state index is -0.425. The van der Waals surface area contributed by atoms with E-state index in [1.54, 1.807) is 6.07 Å². The topological polar surface area (TPSA) is 104 Å². The van der Waals surface area contributed by atoms with Gasteiger partial charge in [-0.15, -0.1) is 0 Å². The number of nitrogens with one attached hydrogen (secondary N) is 1. The quantitative estimate of drug-likeness (QED) is 0.866. The summed E-state index contributed by atoms with van der Waals surface area (Å²) in [5.41, 5.74) is 7.27. The van der Waals surface area contributed by atoms with E-state index in [4.69, 9.17) is 11.0 Å². The highest BCUT2D eigenvalue weighted by atomic mass is 32.2. The average molecular weight is 369 g/mol. The Morgan fingerprint density at radius 2 is 2.23 bits per heavy atom. The number of nitrogens with zero attached hydrogens (tertiary/aromatic N) is 3. The van der Waals surface area contributed by atoms with Crippen LogP contribution in [0.4, 0.5) is 10.1 Å². The molecule has 0 bridgehead atoms. The average Bonchev–Trinajstić information content (AvgIpc) is 2.88. The maximum Gasteiger partial charge on any atom is 0.274 e. The molecule has 1 aromatic carbocycles. The number of rotatable bonds is 3. The summed E-state index contributed by atoms with van der Waals surface area (Å²) in [7, 11) is 0. The summed E-state index contributed by atoms with van der Waals surface area (Å²) in [4.78, 5) is 20.5. The van der Waals surface area contributed by atoms with Crippen molar-refractivity contribution in [3.63, 3.8) is 0 Å². The van der Waals surface area contributed by atoms with Gasteiger partial charge in [-0.25, -0.2) is 9.37 Å². The maximum absolute atomic E-state index is 14.3. The Kier molecular flexibility index (Phi) is 5.49. The van der Waals surface area contributed by atoms with E-state index in [1.165, 1.54) is 42.2 Å². The molecule has 1 aliphatic heterocycles. The molecule has 1 amide bonds. The molecule has 1 aromatic heterocycles. The van der Waals surface area contributed by atoms with Crippen LogP contribution in [-0.2, 0) is 0 Å². The zero-order valence-electron chi connectivity index (χ0n) is 13.8. The normalized spacial score (nSPS) is 16.9. The molecule has 0 aliphatic carbocycles. The van der Waals surface area contributed by atoms with E-state index in [2.05, 4.69) is 15.3 Å². The zero-order chi connectivity index (χ0) is 18.5. The van der Waals surface area contributed by atoms with Crippen molar-refractivity contribution in [2.24, 2.45) is 10.7 Å². The highest BCUT2D eigenvalue weighted by molar-refractivity contribution is 8.13. The number of carbonyl (C=O) groups excluding carboxylic acids is 1. The molecule has 2 heterocycles. The van der Waals surface area contributed by atoms with Gasteiger partial charge in [-0.05, 0) is 42.3 Å². The number of nitrogens with two attached hydrogens (primary N) is 1. The second-order valence-corrected chi connectivity index (χ2v) is 6.86. The van der Waals surface area contributed by atoms with Gasteiger partial charge in [0.25, 0.3) is 5.91 Å². The number of hydrogen-bond acceptors (Lipinski definition) is 6. The number of nitriles is 1. The zero-order valence-corrected chi connectivity index (χ0v) is 14.6. The molecule has 132 valence electrons. The third-order valence-corrected chi connectivity index (χ3v) is 4.87. The summed E-state index contributed by atoms with van der Waals surface area (Å²) >= 11 is 1.46. The number of carbonyl (C=O) groups is 1. The Hall–Kier alpha value is -2.92. The molecule has 6 nitrogen and oxygen atoms in total. The van der Waals surface area contributed by atoms with Crippen LogP contribution in [-0.4, -0.2) is 28.4 Å². The van der Waals surface area contributed by atoms with Crippen molar-refractivity contribution in [3.05, 3.63) is 59.2 Å². The van der Waals surface area contributed by atoms with Crippen molar-refractivity contribution in [1.82, 2.24) is 4.98 Å². The van der Waals surface area contributed by atoms with Gasteiger partial charge in [-0.2, -0.15) is 5.26 Å². The lowest BCUT2D eigenvalue weighted by Crippen LogP contribution is -2.14. The van der Waals surface area contributed by atoms with E-state index in [0.717, 1.165) is 12.2 Å². The number of amides is 1. The van der Waals surface area contributed by atoms with Crippen molar-refractivity contribution in [2.75, 3.05) is 17.6 Å². The lowest BCUT2D eigenvalue weighted by atomic mass is 9.95. The predicted molar refractivity (Wildman–Crippen MR) is 99.6 cm³/mol. The first kappa shape index (κ1) is 17.9. The number of aromatic nitrogens is 1. The first-order chi connectivity index (χ1) is 12.6. The molecule has 0 unspecified atom stereocenters.